The van der Waals surface area contributed by atoms with Crippen molar-refractivity contribution in [2.24, 2.45) is 56.7 Å². The van der Waals surface area contributed by atoms with Crippen molar-refractivity contribution in [2.45, 2.75) is 119 Å². The van der Waals surface area contributed by atoms with Crippen LogP contribution in [0.2, 0.25) is 0 Å². The van der Waals surface area contributed by atoms with Gasteiger partial charge in [0.2, 0.25) is 0 Å². The standard InChI is InChI=1S/C32H52O3/c1-20(2)22-11-16-32(19-35-21(3)33)18-17-30(7)23(27(22)32)9-10-25-29(6)14-13-26(34)28(4,5)24(29)12-15-31(25,30)8/h22-27,34H,1,9-19H2,2-8H3/t22-,23+,24+,25+,26-,27+,29-,30+,31+,32+/m0/s1. The molecular weight excluding hydrogens is 432 g/mol. The average molecular weight is 485 g/mol. The first-order valence-corrected chi connectivity index (χ1v) is 14.7. The second-order valence-corrected chi connectivity index (χ2v) is 15.2. The van der Waals surface area contributed by atoms with Gasteiger partial charge in [-0.1, -0.05) is 46.8 Å². The summed E-state index contributed by atoms with van der Waals surface area (Å²) in [5.41, 5.74) is 2.45. The molecule has 5 saturated carbocycles. The van der Waals surface area contributed by atoms with Crippen LogP contribution in [0.25, 0.3) is 0 Å². The van der Waals surface area contributed by atoms with Gasteiger partial charge in [0.1, 0.15) is 0 Å². The first kappa shape index (κ1) is 25.8. The minimum atomic E-state index is -0.164. The van der Waals surface area contributed by atoms with E-state index in [9.17, 15) is 9.90 Å². The van der Waals surface area contributed by atoms with Crippen LogP contribution < -0.4 is 0 Å². The lowest BCUT2D eigenvalue weighted by atomic mass is 9.32. The molecule has 3 nitrogen and oxygen atoms in total. The molecule has 0 radical (unpaired) electrons. The van der Waals surface area contributed by atoms with Gasteiger partial charge in [-0.3, -0.25) is 4.79 Å². The normalized spacial score (nSPS) is 52.5. The molecule has 35 heavy (non-hydrogen) atoms. The topological polar surface area (TPSA) is 46.5 Å². The molecule has 198 valence electrons. The first-order chi connectivity index (χ1) is 16.2. The Morgan fingerprint density at radius 2 is 1.57 bits per heavy atom. The fourth-order valence-corrected chi connectivity index (χ4v) is 11.8. The maximum atomic E-state index is 11.9. The zero-order valence-electron chi connectivity index (χ0n) is 23.7. The Morgan fingerprint density at radius 3 is 2.23 bits per heavy atom. The van der Waals surface area contributed by atoms with Crippen molar-refractivity contribution in [3.8, 4) is 0 Å². The highest BCUT2D eigenvalue weighted by Crippen LogP contribution is 2.77. The quantitative estimate of drug-likeness (QED) is 0.332. The predicted octanol–water partition coefficient (Wildman–Crippen LogP) is 7.57. The Kier molecular flexibility index (Phi) is 5.96. The third-order valence-corrected chi connectivity index (χ3v) is 13.8. The number of aliphatic hydroxyl groups excluding tert-OH is 1. The van der Waals surface area contributed by atoms with Crippen molar-refractivity contribution in [1.82, 2.24) is 0 Å². The number of allylic oxidation sites excluding steroid dienone is 1. The number of hydrogen-bond acceptors (Lipinski definition) is 3. The van der Waals surface area contributed by atoms with Gasteiger partial charge in [-0.15, -0.1) is 0 Å². The number of aliphatic hydroxyl groups is 1. The van der Waals surface area contributed by atoms with Crippen molar-refractivity contribution in [3.05, 3.63) is 12.2 Å². The molecule has 0 aromatic heterocycles. The smallest absolute Gasteiger partial charge is 0.302 e. The molecule has 0 unspecified atom stereocenters. The molecule has 0 aliphatic heterocycles. The number of hydrogen-bond donors (Lipinski definition) is 1. The third kappa shape index (κ3) is 3.34. The van der Waals surface area contributed by atoms with E-state index in [1.165, 1.54) is 63.4 Å². The zero-order chi connectivity index (χ0) is 25.6. The first-order valence-electron chi connectivity index (χ1n) is 14.7. The molecule has 1 N–H and O–H groups in total. The summed E-state index contributed by atoms with van der Waals surface area (Å²) in [6.45, 7) is 21.5. The lowest BCUT2D eigenvalue weighted by molar-refractivity contribution is -0.249. The van der Waals surface area contributed by atoms with E-state index >= 15 is 0 Å². The number of esters is 1. The van der Waals surface area contributed by atoms with Crippen molar-refractivity contribution < 1.29 is 14.6 Å². The summed E-state index contributed by atoms with van der Waals surface area (Å²) in [5.74, 6) is 3.04. The number of carbonyl (C=O) groups excluding carboxylic acids is 1. The van der Waals surface area contributed by atoms with Gasteiger partial charge in [0, 0.05) is 12.3 Å². The molecular formula is C32H52O3. The van der Waals surface area contributed by atoms with E-state index in [0.717, 1.165) is 12.3 Å². The molecule has 0 saturated heterocycles. The summed E-state index contributed by atoms with van der Waals surface area (Å²) in [5, 5.41) is 10.9. The van der Waals surface area contributed by atoms with Crippen LogP contribution in [0.5, 0.6) is 0 Å². The number of carbonyl (C=O) groups is 1. The minimum absolute atomic E-state index is 0.00826. The molecule has 0 aromatic rings. The van der Waals surface area contributed by atoms with Gasteiger partial charge in [0.25, 0.3) is 0 Å². The Bertz CT molecular complexity index is 891. The van der Waals surface area contributed by atoms with E-state index in [2.05, 4.69) is 48.1 Å². The lowest BCUT2D eigenvalue weighted by Gasteiger charge is -2.73. The summed E-state index contributed by atoms with van der Waals surface area (Å²) in [6, 6.07) is 0. The van der Waals surface area contributed by atoms with Crippen LogP contribution in [0, 0.1) is 56.7 Å². The third-order valence-electron chi connectivity index (χ3n) is 13.8. The van der Waals surface area contributed by atoms with Crippen LogP contribution in [0.15, 0.2) is 12.2 Å². The lowest BCUT2D eigenvalue weighted by Crippen LogP contribution is -2.66. The molecule has 5 fully saturated rings. The van der Waals surface area contributed by atoms with Crippen LogP contribution in [0.1, 0.15) is 113 Å². The van der Waals surface area contributed by atoms with Crippen LogP contribution in [-0.4, -0.2) is 23.8 Å². The summed E-state index contributed by atoms with van der Waals surface area (Å²) >= 11 is 0. The Morgan fingerprint density at radius 1 is 0.857 bits per heavy atom. The van der Waals surface area contributed by atoms with Crippen molar-refractivity contribution in [3.63, 3.8) is 0 Å². The minimum Gasteiger partial charge on any atom is -0.465 e. The van der Waals surface area contributed by atoms with Gasteiger partial charge in [0.15, 0.2) is 0 Å². The highest BCUT2D eigenvalue weighted by molar-refractivity contribution is 5.65. The van der Waals surface area contributed by atoms with Crippen LogP contribution >= 0.6 is 0 Å². The number of rotatable bonds is 3. The number of fused-ring (bicyclic) bond motifs is 7. The summed E-state index contributed by atoms with van der Waals surface area (Å²) in [4.78, 5) is 11.9. The Labute approximate surface area is 214 Å². The van der Waals surface area contributed by atoms with Gasteiger partial charge < -0.3 is 9.84 Å². The van der Waals surface area contributed by atoms with Crippen LogP contribution in [-0.2, 0) is 9.53 Å². The zero-order valence-corrected chi connectivity index (χ0v) is 23.7. The van der Waals surface area contributed by atoms with Gasteiger partial charge in [-0.25, -0.2) is 0 Å². The second-order valence-electron chi connectivity index (χ2n) is 15.2. The Hall–Kier alpha value is -0.830. The van der Waals surface area contributed by atoms with Gasteiger partial charge >= 0.3 is 5.97 Å². The van der Waals surface area contributed by atoms with E-state index in [1.807, 2.05) is 0 Å². The molecule has 0 amide bonds. The maximum absolute atomic E-state index is 11.9. The van der Waals surface area contributed by atoms with E-state index < -0.39 is 0 Å². The Balaban J connectivity index is 1.53. The molecule has 0 aromatic carbocycles. The van der Waals surface area contributed by atoms with Crippen LogP contribution in [0.4, 0.5) is 0 Å². The highest BCUT2D eigenvalue weighted by atomic mass is 16.5. The molecule has 0 bridgehead atoms. The average Bonchev–Trinajstić information content (AvgIpc) is 3.16. The number of ether oxygens (including phenoxy) is 1. The predicted molar refractivity (Wildman–Crippen MR) is 142 cm³/mol. The fourth-order valence-electron chi connectivity index (χ4n) is 11.8. The van der Waals surface area contributed by atoms with E-state index in [-0.39, 0.29) is 22.9 Å². The van der Waals surface area contributed by atoms with E-state index in [4.69, 9.17) is 4.74 Å². The van der Waals surface area contributed by atoms with Crippen LogP contribution in [0.3, 0.4) is 0 Å². The summed E-state index contributed by atoms with van der Waals surface area (Å²) in [6.07, 6.45) is 12.0. The highest BCUT2D eigenvalue weighted by Gasteiger charge is 2.70. The van der Waals surface area contributed by atoms with Gasteiger partial charge in [0.05, 0.1) is 12.7 Å². The van der Waals surface area contributed by atoms with E-state index in [1.54, 1.807) is 6.92 Å². The molecule has 10 atom stereocenters. The van der Waals surface area contributed by atoms with Gasteiger partial charge in [-0.2, -0.15) is 0 Å². The molecule has 5 aliphatic rings. The molecule has 0 spiro atoms. The monoisotopic (exact) mass is 484 g/mol. The van der Waals surface area contributed by atoms with Crippen molar-refractivity contribution in [2.75, 3.05) is 6.61 Å². The molecule has 3 heteroatoms. The maximum Gasteiger partial charge on any atom is 0.302 e. The molecule has 5 aliphatic carbocycles. The summed E-state index contributed by atoms with van der Waals surface area (Å²) < 4.78 is 5.79. The van der Waals surface area contributed by atoms with Gasteiger partial charge in [-0.05, 0) is 122 Å². The summed E-state index contributed by atoms with van der Waals surface area (Å²) in [7, 11) is 0. The van der Waals surface area contributed by atoms with Crippen molar-refractivity contribution >= 4 is 5.97 Å². The largest absolute Gasteiger partial charge is 0.465 e. The second kappa shape index (κ2) is 8.08. The molecule has 5 rings (SSSR count). The van der Waals surface area contributed by atoms with E-state index in [0.29, 0.717) is 46.5 Å². The SMILES string of the molecule is C=C(C)[C@@H]1CC[C@]2(COC(C)=O)CC[C@]3(C)[C@H](CC[C@@H]4[C@@]5(C)CC[C@H](O)C(C)(C)[C@H]5CC[C@]43C)[C@@H]12. The fraction of sp³-hybridized carbons (Fsp3) is 0.906. The molecule has 0 heterocycles. The van der Waals surface area contributed by atoms with Crippen molar-refractivity contribution in [1.29, 1.82) is 0 Å².